The van der Waals surface area contributed by atoms with Gasteiger partial charge in [0.15, 0.2) is 0 Å². The van der Waals surface area contributed by atoms with Gasteiger partial charge in [0.25, 0.3) is 0 Å². The van der Waals surface area contributed by atoms with E-state index in [1.54, 1.807) is 0 Å². The number of aliphatic hydroxyl groups excluding tert-OH is 1. The van der Waals surface area contributed by atoms with Gasteiger partial charge < -0.3 is 20.1 Å². The van der Waals surface area contributed by atoms with Gasteiger partial charge in [-0.25, -0.2) is 4.79 Å². The molecule has 0 aliphatic carbocycles. The molecule has 0 spiro atoms. The van der Waals surface area contributed by atoms with Crippen LogP contribution in [0.2, 0.25) is 0 Å². The molecule has 1 unspecified atom stereocenters. The third-order valence-corrected chi connectivity index (χ3v) is 3.36. The van der Waals surface area contributed by atoms with E-state index in [0.29, 0.717) is 0 Å². The summed E-state index contributed by atoms with van der Waals surface area (Å²) in [6, 6.07) is 0.288. The van der Waals surface area contributed by atoms with Gasteiger partial charge in [-0.2, -0.15) is 0 Å². The molecule has 0 bridgehead atoms. The molecule has 0 aromatic carbocycles. The van der Waals surface area contributed by atoms with Crippen molar-refractivity contribution < 1.29 is 14.6 Å². The number of rotatable bonds is 5. The molecule has 19 heavy (non-hydrogen) atoms. The molecule has 1 amide bonds. The lowest BCUT2D eigenvalue weighted by atomic mass is 10.2. The highest BCUT2D eigenvalue weighted by Gasteiger charge is 2.32. The van der Waals surface area contributed by atoms with Gasteiger partial charge in [-0.1, -0.05) is 6.92 Å². The highest BCUT2D eigenvalue weighted by Crippen LogP contribution is 2.20. The smallest absolute Gasteiger partial charge is 0.410 e. The van der Waals surface area contributed by atoms with E-state index in [2.05, 4.69) is 5.32 Å². The summed E-state index contributed by atoms with van der Waals surface area (Å²) in [5.74, 6) is 0. The first-order valence-corrected chi connectivity index (χ1v) is 7.21. The number of likely N-dealkylation sites (tertiary alicyclic amines) is 1. The molecule has 1 aliphatic rings. The van der Waals surface area contributed by atoms with Crippen LogP contribution in [0.25, 0.3) is 0 Å². The van der Waals surface area contributed by atoms with E-state index in [-0.39, 0.29) is 24.8 Å². The van der Waals surface area contributed by atoms with Crippen molar-refractivity contribution in [2.75, 3.05) is 19.7 Å². The molecule has 1 aliphatic heterocycles. The van der Waals surface area contributed by atoms with Crippen LogP contribution in [0.5, 0.6) is 0 Å². The molecular weight excluding hydrogens is 244 g/mol. The van der Waals surface area contributed by atoms with Crippen LogP contribution in [0.15, 0.2) is 0 Å². The lowest BCUT2D eigenvalue weighted by Gasteiger charge is -2.29. The van der Waals surface area contributed by atoms with Crippen LogP contribution in [0.1, 0.15) is 47.0 Å². The molecule has 0 aromatic heterocycles. The Hall–Kier alpha value is -0.810. The van der Waals surface area contributed by atoms with Crippen molar-refractivity contribution >= 4 is 6.09 Å². The van der Waals surface area contributed by atoms with Crippen molar-refractivity contribution in [1.29, 1.82) is 0 Å². The topological polar surface area (TPSA) is 61.8 Å². The number of hydrogen-bond acceptors (Lipinski definition) is 4. The Morgan fingerprint density at radius 1 is 1.53 bits per heavy atom. The van der Waals surface area contributed by atoms with Crippen molar-refractivity contribution in [2.45, 2.75) is 64.6 Å². The van der Waals surface area contributed by atoms with Gasteiger partial charge >= 0.3 is 6.09 Å². The fourth-order valence-electron chi connectivity index (χ4n) is 2.25. The molecule has 2 atom stereocenters. The van der Waals surface area contributed by atoms with Crippen LogP contribution in [0.4, 0.5) is 4.79 Å². The largest absolute Gasteiger partial charge is 0.444 e. The van der Waals surface area contributed by atoms with Gasteiger partial charge in [0.2, 0.25) is 0 Å². The van der Waals surface area contributed by atoms with E-state index in [1.807, 2.05) is 32.6 Å². The summed E-state index contributed by atoms with van der Waals surface area (Å²) in [4.78, 5) is 13.9. The average Bonchev–Trinajstić information content (AvgIpc) is 2.76. The fraction of sp³-hybridized carbons (Fsp3) is 0.929. The molecule has 5 nitrogen and oxygen atoms in total. The number of aliphatic hydroxyl groups is 1. The Balaban J connectivity index is 2.47. The molecule has 1 saturated heterocycles. The molecule has 1 heterocycles. The van der Waals surface area contributed by atoms with Crippen LogP contribution in [0.3, 0.4) is 0 Å². The highest BCUT2D eigenvalue weighted by molar-refractivity contribution is 5.69. The molecule has 0 radical (unpaired) electrons. The van der Waals surface area contributed by atoms with Gasteiger partial charge in [-0.05, 0) is 40.0 Å². The molecule has 5 heteroatoms. The van der Waals surface area contributed by atoms with E-state index in [9.17, 15) is 4.79 Å². The first-order valence-electron chi connectivity index (χ1n) is 7.21. The standard InChI is InChI=1S/C14H28N2O3/c1-5-11(10-17)15-9-12-7-6-8-16(12)13(18)19-14(2,3)4/h11-12,15,17H,5-10H2,1-4H3/t11-,12?/m1/s1. The monoisotopic (exact) mass is 272 g/mol. The van der Waals surface area contributed by atoms with Crippen molar-refractivity contribution in [3.8, 4) is 0 Å². The van der Waals surface area contributed by atoms with E-state index in [0.717, 1.165) is 32.4 Å². The summed E-state index contributed by atoms with van der Waals surface area (Å²) >= 11 is 0. The highest BCUT2D eigenvalue weighted by atomic mass is 16.6. The Labute approximate surface area is 116 Å². The maximum atomic E-state index is 12.1. The Bertz CT molecular complexity index is 285. The molecule has 112 valence electrons. The molecule has 0 saturated carbocycles. The molecule has 2 N–H and O–H groups in total. The van der Waals surface area contributed by atoms with Gasteiger partial charge in [-0.15, -0.1) is 0 Å². The minimum atomic E-state index is -0.450. The SMILES string of the molecule is CC[C@H](CO)NCC1CCCN1C(=O)OC(C)(C)C. The van der Waals surface area contributed by atoms with Crippen LogP contribution >= 0.6 is 0 Å². The lowest BCUT2D eigenvalue weighted by Crippen LogP contribution is -2.46. The fourth-order valence-corrected chi connectivity index (χ4v) is 2.25. The van der Waals surface area contributed by atoms with Crippen molar-refractivity contribution in [1.82, 2.24) is 10.2 Å². The summed E-state index contributed by atoms with van der Waals surface area (Å²) in [6.07, 6.45) is 2.67. The molecular formula is C14H28N2O3. The Morgan fingerprint density at radius 3 is 2.74 bits per heavy atom. The number of ether oxygens (including phenoxy) is 1. The van der Waals surface area contributed by atoms with Crippen molar-refractivity contribution in [3.63, 3.8) is 0 Å². The van der Waals surface area contributed by atoms with Gasteiger partial charge in [0, 0.05) is 25.2 Å². The number of nitrogens with zero attached hydrogens (tertiary/aromatic N) is 1. The van der Waals surface area contributed by atoms with Crippen LogP contribution < -0.4 is 5.32 Å². The third-order valence-electron chi connectivity index (χ3n) is 3.36. The predicted octanol–water partition coefficient (Wildman–Crippen LogP) is 1.75. The zero-order chi connectivity index (χ0) is 14.5. The zero-order valence-corrected chi connectivity index (χ0v) is 12.6. The maximum Gasteiger partial charge on any atom is 0.410 e. The minimum absolute atomic E-state index is 0.112. The van der Waals surface area contributed by atoms with Crippen LogP contribution in [0, 0.1) is 0 Å². The Kier molecular flexibility index (Phi) is 6.07. The van der Waals surface area contributed by atoms with E-state index >= 15 is 0 Å². The van der Waals surface area contributed by atoms with E-state index < -0.39 is 5.60 Å². The lowest BCUT2D eigenvalue weighted by molar-refractivity contribution is 0.0223. The van der Waals surface area contributed by atoms with Gasteiger partial charge in [-0.3, -0.25) is 0 Å². The zero-order valence-electron chi connectivity index (χ0n) is 12.6. The van der Waals surface area contributed by atoms with Gasteiger partial charge in [0.05, 0.1) is 6.61 Å². The van der Waals surface area contributed by atoms with E-state index in [1.165, 1.54) is 0 Å². The third kappa shape index (κ3) is 5.37. The van der Waals surface area contributed by atoms with E-state index in [4.69, 9.17) is 9.84 Å². The molecule has 1 rings (SSSR count). The van der Waals surface area contributed by atoms with Crippen molar-refractivity contribution in [3.05, 3.63) is 0 Å². The molecule has 1 fully saturated rings. The number of amides is 1. The predicted molar refractivity (Wildman–Crippen MR) is 75.1 cm³/mol. The second kappa shape index (κ2) is 7.10. The van der Waals surface area contributed by atoms with Gasteiger partial charge in [0.1, 0.15) is 5.60 Å². The number of carbonyl (C=O) groups excluding carboxylic acids is 1. The first kappa shape index (κ1) is 16.2. The Morgan fingerprint density at radius 2 is 2.21 bits per heavy atom. The number of carbonyl (C=O) groups is 1. The second-order valence-electron chi connectivity index (χ2n) is 6.17. The molecule has 0 aromatic rings. The summed E-state index contributed by atoms with van der Waals surface area (Å²) in [7, 11) is 0. The number of nitrogens with one attached hydrogen (secondary N) is 1. The number of hydrogen-bond donors (Lipinski definition) is 2. The summed E-state index contributed by atoms with van der Waals surface area (Å²) in [5.41, 5.74) is -0.450. The average molecular weight is 272 g/mol. The normalized spacial score (nSPS) is 21.5. The summed E-state index contributed by atoms with van der Waals surface area (Å²) in [5, 5.41) is 12.5. The minimum Gasteiger partial charge on any atom is -0.444 e. The summed E-state index contributed by atoms with van der Waals surface area (Å²) in [6.45, 7) is 9.30. The van der Waals surface area contributed by atoms with Crippen LogP contribution in [-0.2, 0) is 4.74 Å². The summed E-state index contributed by atoms with van der Waals surface area (Å²) < 4.78 is 5.42. The quantitative estimate of drug-likeness (QED) is 0.800. The van der Waals surface area contributed by atoms with Crippen molar-refractivity contribution in [2.24, 2.45) is 0 Å². The maximum absolute atomic E-state index is 12.1. The second-order valence-corrected chi connectivity index (χ2v) is 6.17. The first-order chi connectivity index (χ1) is 8.87. The van der Waals surface area contributed by atoms with Crippen LogP contribution in [-0.4, -0.2) is 53.5 Å².